The zero-order valence-corrected chi connectivity index (χ0v) is 17.3. The topological polar surface area (TPSA) is 110 Å². The lowest BCUT2D eigenvalue weighted by molar-refractivity contribution is -0.131. The van der Waals surface area contributed by atoms with E-state index in [9.17, 15) is 14.0 Å². The molecule has 160 valence electrons. The maximum Gasteiger partial charge on any atom is 0.250 e. The van der Waals surface area contributed by atoms with Crippen LogP contribution < -0.4 is 20.7 Å². The fraction of sp³-hybridized carbons (Fsp3) is 0.333. The van der Waals surface area contributed by atoms with Crippen molar-refractivity contribution < 1.29 is 18.7 Å². The Hall–Kier alpha value is -3.27. The van der Waals surface area contributed by atoms with E-state index < -0.39 is 5.91 Å². The molecule has 1 saturated heterocycles. The van der Waals surface area contributed by atoms with Crippen LogP contribution in [-0.4, -0.2) is 47.0 Å². The van der Waals surface area contributed by atoms with Gasteiger partial charge < -0.3 is 20.7 Å². The molecule has 0 bridgehead atoms. The SMILES string of the molecule is NC(=O)c1ccc(N2CC(NC(=O)C3CC(Oc4cc(F)cc5scnc45)C3)C2)nc1. The first-order valence-corrected chi connectivity index (χ1v) is 10.8. The van der Waals surface area contributed by atoms with E-state index in [-0.39, 0.29) is 29.8 Å². The second kappa shape index (κ2) is 7.77. The first-order valence-electron chi connectivity index (χ1n) is 9.97. The quantitative estimate of drug-likeness (QED) is 0.606. The summed E-state index contributed by atoms with van der Waals surface area (Å²) in [5.41, 5.74) is 7.91. The van der Waals surface area contributed by atoms with Gasteiger partial charge in [0.05, 0.1) is 21.8 Å². The number of carbonyl (C=O) groups is 2. The second-order valence-electron chi connectivity index (χ2n) is 7.89. The van der Waals surface area contributed by atoms with Gasteiger partial charge in [-0.05, 0) is 31.0 Å². The average molecular weight is 441 g/mol. The third-order valence-corrected chi connectivity index (χ3v) is 6.49. The number of rotatable bonds is 6. The van der Waals surface area contributed by atoms with Crippen molar-refractivity contribution in [2.75, 3.05) is 18.0 Å². The van der Waals surface area contributed by atoms with Gasteiger partial charge in [-0.25, -0.2) is 14.4 Å². The maximum absolute atomic E-state index is 13.8. The van der Waals surface area contributed by atoms with E-state index in [1.54, 1.807) is 17.6 Å². The van der Waals surface area contributed by atoms with Gasteiger partial charge in [0.1, 0.15) is 29.0 Å². The molecule has 0 spiro atoms. The normalized spacial score (nSPS) is 20.7. The highest BCUT2D eigenvalue weighted by Gasteiger charge is 2.39. The fourth-order valence-electron chi connectivity index (χ4n) is 3.84. The molecule has 2 amide bonds. The summed E-state index contributed by atoms with van der Waals surface area (Å²) in [6.07, 6.45) is 2.53. The van der Waals surface area contributed by atoms with Crippen LogP contribution in [0.15, 0.2) is 36.0 Å². The van der Waals surface area contributed by atoms with Gasteiger partial charge in [0.15, 0.2) is 0 Å². The minimum absolute atomic E-state index is 0.0135. The number of ether oxygens (including phenoxy) is 1. The van der Waals surface area contributed by atoms with Gasteiger partial charge in [-0.15, -0.1) is 11.3 Å². The summed E-state index contributed by atoms with van der Waals surface area (Å²) < 4.78 is 20.4. The number of amides is 2. The minimum Gasteiger partial charge on any atom is -0.488 e. The Morgan fingerprint density at radius 1 is 1.23 bits per heavy atom. The highest BCUT2D eigenvalue weighted by molar-refractivity contribution is 7.16. The predicted octanol–water partition coefficient (Wildman–Crippen LogP) is 2.09. The molecule has 3 N–H and O–H groups in total. The molecule has 1 aliphatic heterocycles. The molecule has 3 heterocycles. The highest BCUT2D eigenvalue weighted by Crippen LogP contribution is 2.35. The van der Waals surface area contributed by atoms with Crippen LogP contribution in [0, 0.1) is 11.7 Å². The van der Waals surface area contributed by atoms with Crippen LogP contribution in [0.2, 0.25) is 0 Å². The van der Waals surface area contributed by atoms with E-state index in [2.05, 4.69) is 15.3 Å². The zero-order valence-electron chi connectivity index (χ0n) is 16.5. The molecule has 0 atom stereocenters. The number of nitrogens with one attached hydrogen (secondary N) is 1. The minimum atomic E-state index is -0.510. The van der Waals surface area contributed by atoms with Crippen LogP contribution in [0.25, 0.3) is 10.2 Å². The molecule has 1 aromatic carbocycles. The van der Waals surface area contributed by atoms with Crippen molar-refractivity contribution in [3.63, 3.8) is 0 Å². The highest BCUT2D eigenvalue weighted by atomic mass is 32.1. The summed E-state index contributed by atoms with van der Waals surface area (Å²) in [5.74, 6) is 0.226. The number of anilines is 1. The fourth-order valence-corrected chi connectivity index (χ4v) is 4.56. The van der Waals surface area contributed by atoms with E-state index in [4.69, 9.17) is 10.5 Å². The van der Waals surface area contributed by atoms with Crippen LogP contribution in [0.3, 0.4) is 0 Å². The third kappa shape index (κ3) is 3.90. The molecule has 2 aliphatic rings. The van der Waals surface area contributed by atoms with Crippen molar-refractivity contribution in [3.8, 4) is 5.75 Å². The summed E-state index contributed by atoms with van der Waals surface area (Å²) in [7, 11) is 0. The van der Waals surface area contributed by atoms with Gasteiger partial charge in [-0.1, -0.05) is 0 Å². The summed E-state index contributed by atoms with van der Waals surface area (Å²) >= 11 is 1.37. The number of halogens is 1. The summed E-state index contributed by atoms with van der Waals surface area (Å²) in [6, 6.07) is 6.24. The molecule has 0 radical (unpaired) electrons. The number of aromatic nitrogens is 2. The molecule has 1 aliphatic carbocycles. The van der Waals surface area contributed by atoms with Crippen LogP contribution in [0.4, 0.5) is 10.2 Å². The van der Waals surface area contributed by atoms with E-state index in [0.717, 1.165) is 10.5 Å². The lowest BCUT2D eigenvalue weighted by Crippen LogP contribution is -2.61. The monoisotopic (exact) mass is 441 g/mol. The Balaban J connectivity index is 1.08. The first-order chi connectivity index (χ1) is 15.0. The number of benzene rings is 1. The summed E-state index contributed by atoms with van der Waals surface area (Å²) in [5, 5.41) is 3.06. The number of primary amides is 1. The third-order valence-electron chi connectivity index (χ3n) is 5.71. The van der Waals surface area contributed by atoms with Crippen molar-refractivity contribution in [2.24, 2.45) is 11.7 Å². The Kier molecular flexibility index (Phi) is 4.93. The van der Waals surface area contributed by atoms with E-state index in [0.29, 0.717) is 42.8 Å². The Morgan fingerprint density at radius 3 is 2.74 bits per heavy atom. The molecule has 2 aromatic heterocycles. The average Bonchev–Trinajstić information content (AvgIpc) is 3.15. The number of thiazole rings is 1. The summed E-state index contributed by atoms with van der Waals surface area (Å²) in [4.78, 5) is 34.1. The number of hydrogen-bond acceptors (Lipinski definition) is 7. The van der Waals surface area contributed by atoms with Crippen LogP contribution >= 0.6 is 11.3 Å². The molecular formula is C21H20FN5O3S. The molecule has 0 unspecified atom stereocenters. The van der Waals surface area contributed by atoms with Crippen molar-refractivity contribution in [1.82, 2.24) is 15.3 Å². The largest absolute Gasteiger partial charge is 0.488 e. The molecule has 2 fully saturated rings. The van der Waals surface area contributed by atoms with Crippen molar-refractivity contribution in [1.29, 1.82) is 0 Å². The summed E-state index contributed by atoms with van der Waals surface area (Å²) in [6.45, 7) is 1.32. The van der Waals surface area contributed by atoms with Crippen LogP contribution in [0.1, 0.15) is 23.2 Å². The number of hydrogen-bond donors (Lipinski definition) is 2. The van der Waals surface area contributed by atoms with Crippen molar-refractivity contribution >= 4 is 39.2 Å². The number of nitrogens with zero attached hydrogens (tertiary/aromatic N) is 3. The maximum atomic E-state index is 13.8. The molecule has 3 aromatic rings. The van der Waals surface area contributed by atoms with Gasteiger partial charge >= 0.3 is 0 Å². The van der Waals surface area contributed by atoms with Gasteiger partial charge in [0.25, 0.3) is 0 Å². The molecule has 31 heavy (non-hydrogen) atoms. The molecule has 1 saturated carbocycles. The van der Waals surface area contributed by atoms with Crippen molar-refractivity contribution in [3.05, 3.63) is 47.4 Å². The molecule has 10 heteroatoms. The van der Waals surface area contributed by atoms with Crippen LogP contribution in [-0.2, 0) is 4.79 Å². The van der Waals surface area contributed by atoms with Crippen molar-refractivity contribution in [2.45, 2.75) is 25.0 Å². The second-order valence-corrected chi connectivity index (χ2v) is 8.78. The smallest absolute Gasteiger partial charge is 0.250 e. The number of pyridine rings is 1. The predicted molar refractivity (Wildman–Crippen MR) is 114 cm³/mol. The Morgan fingerprint density at radius 2 is 2.03 bits per heavy atom. The Labute approximate surface area is 181 Å². The van der Waals surface area contributed by atoms with Crippen LogP contribution in [0.5, 0.6) is 5.75 Å². The lowest BCUT2D eigenvalue weighted by Gasteiger charge is -2.42. The molecule has 8 nitrogen and oxygen atoms in total. The van der Waals surface area contributed by atoms with E-state index in [1.165, 1.54) is 29.7 Å². The first kappa shape index (κ1) is 19.7. The lowest BCUT2D eigenvalue weighted by atomic mass is 9.81. The molecular weight excluding hydrogens is 421 g/mol. The van der Waals surface area contributed by atoms with E-state index >= 15 is 0 Å². The van der Waals surface area contributed by atoms with Gasteiger partial charge in [0, 0.05) is 31.3 Å². The number of fused-ring (bicyclic) bond motifs is 1. The van der Waals surface area contributed by atoms with Gasteiger partial charge in [-0.3, -0.25) is 9.59 Å². The zero-order chi connectivity index (χ0) is 21.5. The number of nitrogens with two attached hydrogens (primary N) is 1. The standard InChI is InChI=1S/C21H20FN5O3S/c22-13-5-16(19-17(6-13)31-10-25-19)30-15-3-12(4-15)21(29)26-14-8-27(9-14)18-2-1-11(7-24-18)20(23)28/h1-2,5-7,10,12,14-15H,3-4,8-9H2,(H2,23,28)(H,26,29). The Bertz CT molecular complexity index is 1140. The number of carbonyl (C=O) groups excluding carboxylic acids is 2. The molecule has 5 rings (SSSR count). The van der Waals surface area contributed by atoms with Gasteiger partial charge in [0.2, 0.25) is 11.8 Å². The van der Waals surface area contributed by atoms with Gasteiger partial charge in [-0.2, -0.15) is 0 Å². The van der Waals surface area contributed by atoms with E-state index in [1.807, 2.05) is 4.90 Å².